The fraction of sp³-hybridized carbons (Fsp3) is 0.895. The van der Waals surface area contributed by atoms with Gasteiger partial charge in [0.05, 0.1) is 5.41 Å². The highest BCUT2D eigenvalue weighted by atomic mass is 16.6. The van der Waals surface area contributed by atoms with Crippen LogP contribution in [0.1, 0.15) is 141 Å². The zero-order chi connectivity index (χ0) is 31.7. The van der Waals surface area contributed by atoms with Crippen molar-refractivity contribution in [3.8, 4) is 0 Å². The first-order chi connectivity index (χ1) is 19.0. The Balaban J connectivity index is 0.000000652. The highest BCUT2D eigenvalue weighted by Gasteiger charge is 2.88. The van der Waals surface area contributed by atoms with Crippen molar-refractivity contribution in [1.82, 2.24) is 0 Å². The third kappa shape index (κ3) is 3.37. The van der Waals surface area contributed by atoms with E-state index in [0.29, 0.717) is 16.7 Å². The standard InChI is InChI=1S/C35H58O2.C3H4O2/c1-27(2,3)37-26(36)34-20-23(29(34,6)7)15-18-33(34,12)35-21-24(30(35,8)9)14-17-32(35,11)31(10)16-13-22-19-25(31)28(22,4)5;1-2-3(4)5/h22-25H,13-21H2,1-12H3;2H,1H2,(H,4,5). The normalized spacial score (nSPS) is 48.6. The lowest BCUT2D eigenvalue weighted by atomic mass is 9.15. The van der Waals surface area contributed by atoms with Crippen LogP contribution in [0.25, 0.3) is 0 Å². The second kappa shape index (κ2) is 8.90. The number of esters is 1. The summed E-state index contributed by atoms with van der Waals surface area (Å²) in [7, 11) is 0. The molecule has 0 heterocycles. The van der Waals surface area contributed by atoms with E-state index in [9.17, 15) is 9.59 Å². The third-order valence-electron chi connectivity index (χ3n) is 16.6. The quantitative estimate of drug-likeness (QED) is 0.265. The first-order valence-electron chi connectivity index (χ1n) is 17.1. The van der Waals surface area contributed by atoms with E-state index >= 15 is 0 Å². The van der Waals surface area contributed by atoms with Gasteiger partial charge >= 0.3 is 11.9 Å². The molecule has 0 saturated heterocycles. The first-order valence-corrected chi connectivity index (χ1v) is 17.1. The predicted octanol–water partition coefficient (Wildman–Crippen LogP) is 9.71. The molecule has 9 rings (SSSR count). The molecule has 9 aliphatic carbocycles. The average Bonchev–Trinajstić information content (AvgIpc) is 2.86. The van der Waals surface area contributed by atoms with Gasteiger partial charge in [0, 0.05) is 6.08 Å². The van der Waals surface area contributed by atoms with Crippen LogP contribution in [0.3, 0.4) is 0 Å². The SMILES string of the molecule is C=CC(=O)O.CC(C)(C)OC(=O)C12CC(CCC1(C)C13CC(CCC1(C)C1(C)CCC4CC1C4(C)C)C3(C)C)C2(C)C. The highest BCUT2D eigenvalue weighted by molar-refractivity contribution is 5.82. The fourth-order valence-electron chi connectivity index (χ4n) is 14.1. The molecule has 9 atom stereocenters. The zero-order valence-corrected chi connectivity index (χ0v) is 29.1. The van der Waals surface area contributed by atoms with Gasteiger partial charge in [0.15, 0.2) is 0 Å². The van der Waals surface area contributed by atoms with Crippen LogP contribution < -0.4 is 0 Å². The predicted molar refractivity (Wildman–Crippen MR) is 170 cm³/mol. The number of hydrogen-bond acceptors (Lipinski definition) is 3. The minimum atomic E-state index is -0.981. The smallest absolute Gasteiger partial charge is 0.327 e. The van der Waals surface area contributed by atoms with Gasteiger partial charge in [-0.3, -0.25) is 4.79 Å². The fourth-order valence-corrected chi connectivity index (χ4v) is 14.1. The molecule has 6 bridgehead atoms. The lowest BCUT2D eigenvalue weighted by Gasteiger charge is -2.88. The topological polar surface area (TPSA) is 63.6 Å². The number of aliphatic carboxylic acids is 1. The maximum absolute atomic E-state index is 14.6. The van der Waals surface area contributed by atoms with Crippen LogP contribution in [-0.4, -0.2) is 22.6 Å². The van der Waals surface area contributed by atoms with Crippen molar-refractivity contribution in [3.63, 3.8) is 0 Å². The number of hydrogen-bond donors (Lipinski definition) is 1. The van der Waals surface area contributed by atoms with Gasteiger partial charge in [-0.1, -0.05) is 68.9 Å². The lowest BCUT2D eigenvalue weighted by Crippen LogP contribution is -2.84. The van der Waals surface area contributed by atoms with Crippen LogP contribution in [-0.2, 0) is 14.3 Å². The van der Waals surface area contributed by atoms with Gasteiger partial charge < -0.3 is 9.84 Å². The highest BCUT2D eigenvalue weighted by Crippen LogP contribution is 2.92. The second-order valence-electron chi connectivity index (χ2n) is 19.1. The number of carbonyl (C=O) groups excluding carboxylic acids is 1. The van der Waals surface area contributed by atoms with E-state index < -0.39 is 11.6 Å². The third-order valence-corrected chi connectivity index (χ3v) is 16.6. The molecule has 4 heteroatoms. The van der Waals surface area contributed by atoms with E-state index in [2.05, 4.69) is 89.7 Å². The van der Waals surface area contributed by atoms with Crippen molar-refractivity contribution < 1.29 is 19.4 Å². The Morgan fingerprint density at radius 2 is 1.29 bits per heavy atom. The van der Waals surface area contributed by atoms with Crippen LogP contribution >= 0.6 is 0 Å². The van der Waals surface area contributed by atoms with E-state index in [1.54, 1.807) is 0 Å². The van der Waals surface area contributed by atoms with Crippen molar-refractivity contribution in [2.45, 2.75) is 146 Å². The Labute approximate surface area is 257 Å². The summed E-state index contributed by atoms with van der Waals surface area (Å²) in [4.78, 5) is 23.9. The average molecular weight is 583 g/mol. The summed E-state index contributed by atoms with van der Waals surface area (Å²) >= 11 is 0. The van der Waals surface area contributed by atoms with Crippen LogP contribution in [0.5, 0.6) is 0 Å². The van der Waals surface area contributed by atoms with Gasteiger partial charge in [-0.15, -0.1) is 0 Å². The number of fused-ring (bicyclic) bond motifs is 7. The summed E-state index contributed by atoms with van der Waals surface area (Å²) in [5.74, 6) is 2.31. The molecule has 0 spiro atoms. The van der Waals surface area contributed by atoms with Crippen LogP contribution in [0.4, 0.5) is 0 Å². The number of carboxylic acid groups (broad SMARTS) is 1. The Morgan fingerprint density at radius 1 is 0.786 bits per heavy atom. The summed E-state index contributed by atoms with van der Waals surface area (Å²) in [6.07, 6.45) is 12.6. The minimum Gasteiger partial charge on any atom is -0.478 e. The second-order valence-corrected chi connectivity index (χ2v) is 19.1. The molecule has 9 fully saturated rings. The van der Waals surface area contributed by atoms with Gasteiger partial charge in [-0.05, 0) is 140 Å². The van der Waals surface area contributed by atoms with Gasteiger partial charge in [0.2, 0.25) is 0 Å². The lowest BCUT2D eigenvalue weighted by molar-refractivity contribution is -0.405. The van der Waals surface area contributed by atoms with Gasteiger partial charge in [0.1, 0.15) is 5.60 Å². The van der Waals surface area contributed by atoms with Crippen LogP contribution in [0, 0.1) is 67.0 Å². The molecule has 9 aliphatic rings. The van der Waals surface area contributed by atoms with Gasteiger partial charge in [-0.2, -0.15) is 0 Å². The van der Waals surface area contributed by atoms with Crippen LogP contribution in [0.2, 0.25) is 0 Å². The van der Waals surface area contributed by atoms with E-state index in [1.807, 2.05) is 0 Å². The van der Waals surface area contributed by atoms with E-state index in [4.69, 9.17) is 9.84 Å². The molecule has 9 unspecified atom stereocenters. The maximum atomic E-state index is 14.6. The number of carbonyl (C=O) groups is 2. The van der Waals surface area contributed by atoms with Gasteiger partial charge in [0.25, 0.3) is 0 Å². The monoisotopic (exact) mass is 582 g/mol. The molecule has 0 aromatic carbocycles. The summed E-state index contributed by atoms with van der Waals surface area (Å²) < 4.78 is 6.43. The Hall–Kier alpha value is -1.32. The summed E-state index contributed by atoms with van der Waals surface area (Å²) in [5, 5.41) is 7.60. The number of rotatable bonds is 4. The van der Waals surface area contributed by atoms with Crippen LogP contribution in [0.15, 0.2) is 12.7 Å². The molecule has 9 saturated carbocycles. The van der Waals surface area contributed by atoms with Crippen molar-refractivity contribution >= 4 is 11.9 Å². The Bertz CT molecular complexity index is 1170. The zero-order valence-electron chi connectivity index (χ0n) is 29.1. The summed E-state index contributed by atoms with van der Waals surface area (Å²) in [6.45, 7) is 32.6. The molecule has 238 valence electrons. The molecule has 42 heavy (non-hydrogen) atoms. The molecular formula is C38H62O4. The molecule has 1 N–H and O–H groups in total. The number of ether oxygens (including phenoxy) is 1. The largest absolute Gasteiger partial charge is 0.478 e. The maximum Gasteiger partial charge on any atom is 0.327 e. The van der Waals surface area contributed by atoms with Crippen molar-refractivity contribution in [1.29, 1.82) is 0 Å². The minimum absolute atomic E-state index is 0.00902. The molecule has 0 amide bonds. The summed E-state index contributed by atoms with van der Waals surface area (Å²) in [6, 6.07) is 0. The summed E-state index contributed by atoms with van der Waals surface area (Å²) in [5.41, 5.74) is 0.521. The molecule has 0 aliphatic heterocycles. The molecule has 0 radical (unpaired) electrons. The van der Waals surface area contributed by atoms with Gasteiger partial charge in [-0.25, -0.2) is 4.79 Å². The van der Waals surface area contributed by atoms with Crippen molar-refractivity contribution in [3.05, 3.63) is 12.7 Å². The first kappa shape index (κ1) is 32.1. The van der Waals surface area contributed by atoms with E-state index in [-0.39, 0.29) is 38.5 Å². The number of carboxylic acids is 1. The molecule has 0 aromatic rings. The van der Waals surface area contributed by atoms with Crippen molar-refractivity contribution in [2.24, 2.45) is 67.0 Å². The Morgan fingerprint density at radius 3 is 1.71 bits per heavy atom. The Kier molecular flexibility index (Phi) is 6.80. The molecule has 4 nitrogen and oxygen atoms in total. The molecule has 0 aromatic heterocycles. The molecular weight excluding hydrogens is 520 g/mol. The van der Waals surface area contributed by atoms with E-state index in [0.717, 1.165) is 30.3 Å². The van der Waals surface area contributed by atoms with E-state index in [1.165, 1.54) is 51.4 Å². The van der Waals surface area contributed by atoms with Crippen molar-refractivity contribution in [2.75, 3.05) is 0 Å².